The average Bonchev–Trinajstić information content (AvgIpc) is 2.47. The number of amides is 1. The van der Waals surface area contributed by atoms with E-state index in [2.05, 4.69) is 5.32 Å². The van der Waals surface area contributed by atoms with Crippen LogP contribution < -0.4 is 5.32 Å². The fourth-order valence-corrected chi connectivity index (χ4v) is 3.48. The van der Waals surface area contributed by atoms with Crippen molar-refractivity contribution in [3.63, 3.8) is 0 Å². The lowest BCUT2D eigenvalue weighted by Crippen LogP contribution is -2.47. The molecule has 2 N–H and O–H groups in total. The first kappa shape index (κ1) is 13.8. The number of rotatable bonds is 3. The van der Waals surface area contributed by atoms with Gasteiger partial charge in [-0.05, 0) is 42.9 Å². The molecule has 0 spiro atoms. The minimum absolute atomic E-state index is 0.0512. The van der Waals surface area contributed by atoms with Crippen molar-refractivity contribution in [3.8, 4) is 0 Å². The molecule has 4 rings (SSSR count). The Kier molecular flexibility index (Phi) is 3.49. The number of hydrogen-bond acceptors (Lipinski definition) is 2. The maximum absolute atomic E-state index is 13.2. The van der Waals surface area contributed by atoms with Gasteiger partial charge in [0.25, 0.3) is 0 Å². The summed E-state index contributed by atoms with van der Waals surface area (Å²) in [4.78, 5) is 23.9. The molecule has 4 nitrogen and oxygen atoms in total. The summed E-state index contributed by atoms with van der Waals surface area (Å²) in [5.41, 5.74) is 0.356. The maximum atomic E-state index is 13.2. The Bertz CT molecular complexity index is 613. The van der Waals surface area contributed by atoms with Crippen molar-refractivity contribution < 1.29 is 19.1 Å². The lowest BCUT2D eigenvalue weighted by Gasteiger charge is -2.41. The van der Waals surface area contributed by atoms with E-state index in [4.69, 9.17) is 0 Å². The molecule has 1 aromatic carbocycles. The first-order valence-corrected chi connectivity index (χ1v) is 7.04. The highest BCUT2D eigenvalue weighted by Crippen LogP contribution is 2.45. The number of hydrogen-bond donors (Lipinski definition) is 2. The molecular formula is C16H16FNO3. The molecule has 4 atom stereocenters. The van der Waals surface area contributed by atoms with Crippen LogP contribution in [-0.2, 0) is 9.59 Å². The van der Waals surface area contributed by atoms with Gasteiger partial charge in [0.1, 0.15) is 5.82 Å². The normalized spacial score (nSPS) is 30.1. The van der Waals surface area contributed by atoms with Gasteiger partial charge >= 0.3 is 5.97 Å². The Balaban J connectivity index is 1.83. The summed E-state index contributed by atoms with van der Waals surface area (Å²) in [6.07, 6.45) is 5.50. The van der Waals surface area contributed by atoms with Gasteiger partial charge in [0, 0.05) is 5.69 Å². The third-order valence-electron chi connectivity index (χ3n) is 4.43. The van der Waals surface area contributed by atoms with Gasteiger partial charge in [0.15, 0.2) is 0 Å². The topological polar surface area (TPSA) is 66.4 Å². The van der Waals surface area contributed by atoms with Crippen molar-refractivity contribution in [2.45, 2.75) is 12.8 Å². The highest BCUT2D eigenvalue weighted by Gasteiger charge is 2.48. The van der Waals surface area contributed by atoms with Crippen LogP contribution in [0.3, 0.4) is 0 Å². The number of benzene rings is 1. The van der Waals surface area contributed by atoms with Crippen LogP contribution in [0.25, 0.3) is 0 Å². The van der Waals surface area contributed by atoms with Gasteiger partial charge in [-0.3, -0.25) is 9.59 Å². The number of aliphatic carboxylic acids is 1. The van der Waals surface area contributed by atoms with E-state index in [1.807, 2.05) is 12.2 Å². The first-order valence-electron chi connectivity index (χ1n) is 7.04. The molecule has 1 aromatic rings. The zero-order valence-corrected chi connectivity index (χ0v) is 11.3. The molecule has 110 valence electrons. The van der Waals surface area contributed by atoms with Crippen LogP contribution in [0, 0.1) is 29.5 Å². The Hall–Kier alpha value is -2.17. The smallest absolute Gasteiger partial charge is 0.307 e. The summed E-state index contributed by atoms with van der Waals surface area (Å²) in [5.74, 6) is -3.13. The van der Waals surface area contributed by atoms with Crippen molar-refractivity contribution in [2.75, 3.05) is 5.32 Å². The molecule has 21 heavy (non-hydrogen) atoms. The fourth-order valence-electron chi connectivity index (χ4n) is 3.48. The highest BCUT2D eigenvalue weighted by molar-refractivity contribution is 5.96. The van der Waals surface area contributed by atoms with Crippen molar-refractivity contribution >= 4 is 17.6 Å². The molecule has 3 aliphatic carbocycles. The zero-order valence-electron chi connectivity index (χ0n) is 11.3. The third kappa shape index (κ3) is 2.55. The van der Waals surface area contributed by atoms with Gasteiger partial charge in [-0.2, -0.15) is 0 Å². The van der Waals surface area contributed by atoms with Gasteiger partial charge in [-0.1, -0.05) is 18.2 Å². The molecule has 0 unspecified atom stereocenters. The standard InChI is InChI=1S/C16H16FNO3/c17-11-2-1-3-12(8-11)18-15(19)13-9-4-6-10(7-5-9)14(13)16(20)21/h1-4,6,8-10,13-14H,5,7H2,(H,18,19)(H,20,21)/t9-,10-,13-,14+/m0/s1. The number of halogens is 1. The van der Waals surface area contributed by atoms with Crippen LogP contribution in [0.2, 0.25) is 0 Å². The Morgan fingerprint density at radius 3 is 2.38 bits per heavy atom. The molecular weight excluding hydrogens is 273 g/mol. The van der Waals surface area contributed by atoms with Crippen molar-refractivity contribution in [1.82, 2.24) is 0 Å². The summed E-state index contributed by atoms with van der Waals surface area (Å²) in [5, 5.41) is 12.1. The van der Waals surface area contributed by atoms with Gasteiger partial charge in [0.05, 0.1) is 11.8 Å². The van der Waals surface area contributed by atoms with E-state index in [1.54, 1.807) is 6.07 Å². The summed E-state index contributed by atoms with van der Waals surface area (Å²) in [7, 11) is 0. The van der Waals surface area contributed by atoms with Crippen LogP contribution in [0.15, 0.2) is 36.4 Å². The van der Waals surface area contributed by atoms with E-state index < -0.39 is 23.6 Å². The van der Waals surface area contributed by atoms with E-state index in [0.29, 0.717) is 5.69 Å². The second-order valence-electron chi connectivity index (χ2n) is 5.68. The van der Waals surface area contributed by atoms with Crippen LogP contribution >= 0.6 is 0 Å². The summed E-state index contributed by atoms with van der Waals surface area (Å²) in [6.45, 7) is 0. The number of anilines is 1. The molecule has 0 heterocycles. The van der Waals surface area contributed by atoms with Gasteiger partial charge in [-0.15, -0.1) is 0 Å². The summed E-state index contributed by atoms with van der Waals surface area (Å²) < 4.78 is 13.2. The van der Waals surface area contributed by atoms with Gasteiger partial charge in [-0.25, -0.2) is 4.39 Å². The van der Waals surface area contributed by atoms with Gasteiger partial charge in [0.2, 0.25) is 5.91 Å². The number of nitrogens with one attached hydrogen (secondary N) is 1. The molecule has 2 bridgehead atoms. The van der Waals surface area contributed by atoms with Crippen LogP contribution in [0.4, 0.5) is 10.1 Å². The molecule has 1 amide bonds. The largest absolute Gasteiger partial charge is 0.481 e. The lowest BCUT2D eigenvalue weighted by molar-refractivity contribution is -0.151. The minimum Gasteiger partial charge on any atom is -0.481 e. The quantitative estimate of drug-likeness (QED) is 0.841. The second-order valence-corrected chi connectivity index (χ2v) is 5.68. The molecule has 0 aliphatic heterocycles. The number of allylic oxidation sites excluding steroid dienone is 2. The van der Waals surface area contributed by atoms with E-state index in [1.165, 1.54) is 18.2 Å². The van der Waals surface area contributed by atoms with Crippen molar-refractivity contribution in [3.05, 3.63) is 42.2 Å². The van der Waals surface area contributed by atoms with Gasteiger partial charge < -0.3 is 10.4 Å². The fraction of sp³-hybridized carbons (Fsp3) is 0.375. The number of fused-ring (bicyclic) bond motifs is 2. The Morgan fingerprint density at radius 1 is 1.14 bits per heavy atom. The first-order chi connectivity index (χ1) is 10.1. The molecule has 0 saturated heterocycles. The molecule has 3 aliphatic rings. The zero-order chi connectivity index (χ0) is 15.0. The summed E-state index contributed by atoms with van der Waals surface area (Å²) in [6, 6.07) is 5.62. The second kappa shape index (κ2) is 5.31. The molecule has 5 heteroatoms. The maximum Gasteiger partial charge on any atom is 0.307 e. The number of carboxylic acid groups (broad SMARTS) is 1. The lowest BCUT2D eigenvalue weighted by atomic mass is 9.62. The SMILES string of the molecule is O=C(Nc1cccc(F)c1)[C@@H]1[C@H](C(=O)O)[C@H]2C=C[C@H]1CC2. The molecule has 0 radical (unpaired) electrons. The van der Waals surface area contributed by atoms with Crippen molar-refractivity contribution in [1.29, 1.82) is 0 Å². The van der Waals surface area contributed by atoms with E-state index in [0.717, 1.165) is 12.8 Å². The summed E-state index contributed by atoms with van der Waals surface area (Å²) >= 11 is 0. The van der Waals surface area contributed by atoms with Crippen LogP contribution in [0.5, 0.6) is 0 Å². The number of carbonyl (C=O) groups is 2. The molecule has 1 saturated carbocycles. The molecule has 1 fully saturated rings. The third-order valence-corrected chi connectivity index (χ3v) is 4.43. The minimum atomic E-state index is -0.937. The Morgan fingerprint density at radius 2 is 1.81 bits per heavy atom. The van der Waals surface area contributed by atoms with Crippen LogP contribution in [-0.4, -0.2) is 17.0 Å². The monoisotopic (exact) mass is 289 g/mol. The number of carboxylic acids is 1. The predicted octanol–water partition coefficient (Wildman–Crippen LogP) is 2.68. The van der Waals surface area contributed by atoms with Crippen LogP contribution in [0.1, 0.15) is 12.8 Å². The molecule has 0 aromatic heterocycles. The van der Waals surface area contributed by atoms with E-state index in [9.17, 15) is 19.1 Å². The number of carbonyl (C=O) groups excluding carboxylic acids is 1. The van der Waals surface area contributed by atoms with Crippen molar-refractivity contribution in [2.24, 2.45) is 23.7 Å². The van der Waals surface area contributed by atoms with E-state index >= 15 is 0 Å². The average molecular weight is 289 g/mol. The highest BCUT2D eigenvalue weighted by atomic mass is 19.1. The Labute approximate surface area is 121 Å². The predicted molar refractivity (Wildman–Crippen MR) is 75.0 cm³/mol. The van der Waals surface area contributed by atoms with E-state index in [-0.39, 0.29) is 17.7 Å².